The molecular formula is C3H3CoLiO6. The molecular weight excluding hydrogens is 198 g/mol. The quantitative estimate of drug-likeness (QED) is 0.283. The summed E-state index contributed by atoms with van der Waals surface area (Å²) in [5.74, 6) is 0. The van der Waals surface area contributed by atoms with Crippen LogP contribution >= 0.6 is 0 Å². The average Bonchev–Trinajstić information content (AvgIpc) is 1.70. The summed E-state index contributed by atoms with van der Waals surface area (Å²) < 4.78 is 0. The fourth-order valence-electron chi connectivity index (χ4n) is 0. The number of carbonyl (C=O) groups is 3. The molecule has 0 aromatic rings. The predicted octanol–water partition coefficient (Wildman–Crippen LogP) is -7.90. The summed E-state index contributed by atoms with van der Waals surface area (Å²) in [5.41, 5.74) is 0. The van der Waals surface area contributed by atoms with Gasteiger partial charge in [0.25, 0.3) is 0 Å². The van der Waals surface area contributed by atoms with E-state index in [1.54, 1.807) is 0 Å². The van der Waals surface area contributed by atoms with Gasteiger partial charge in [0.15, 0.2) is 0 Å². The zero-order valence-electron chi connectivity index (χ0n) is 5.51. The van der Waals surface area contributed by atoms with Crippen LogP contribution in [-0.2, 0) is 31.2 Å². The Morgan fingerprint density at radius 3 is 0.727 bits per heavy atom. The first-order valence-corrected chi connectivity index (χ1v) is 1.41. The van der Waals surface area contributed by atoms with E-state index >= 15 is 0 Å². The fourth-order valence-corrected chi connectivity index (χ4v) is 0. The van der Waals surface area contributed by atoms with E-state index in [1.165, 1.54) is 0 Å². The molecule has 0 N–H and O–H groups in total. The molecule has 0 amide bonds. The fraction of sp³-hybridized carbons (Fsp3) is 0. The van der Waals surface area contributed by atoms with E-state index in [2.05, 4.69) is 0 Å². The van der Waals surface area contributed by atoms with Crippen LogP contribution in [0.1, 0.15) is 0 Å². The molecule has 0 atom stereocenters. The van der Waals surface area contributed by atoms with E-state index in [0.717, 1.165) is 0 Å². The number of carboxylic acid groups (broad SMARTS) is 3. The van der Waals surface area contributed by atoms with Gasteiger partial charge in [-0.2, -0.15) is 0 Å². The van der Waals surface area contributed by atoms with E-state index in [9.17, 15) is 0 Å². The number of carbonyl (C=O) groups excluding carboxylic acids is 3. The minimum Gasteiger partial charge on any atom is -0.554 e. The zero-order valence-corrected chi connectivity index (χ0v) is 6.56. The second-order valence-corrected chi connectivity index (χ2v) is 0.289. The Hall–Kier alpha value is -0.486. The molecule has 0 aliphatic rings. The Bertz CT molecular complexity index is 54.6. The van der Waals surface area contributed by atoms with Crippen molar-refractivity contribution in [3.05, 3.63) is 0 Å². The van der Waals surface area contributed by atoms with E-state index in [1.807, 2.05) is 0 Å². The van der Waals surface area contributed by atoms with Gasteiger partial charge in [-0.3, -0.25) is 0 Å². The Morgan fingerprint density at radius 1 is 0.727 bits per heavy atom. The van der Waals surface area contributed by atoms with Gasteiger partial charge in [-0.05, 0) is 0 Å². The van der Waals surface area contributed by atoms with Crippen molar-refractivity contribution in [2.75, 3.05) is 0 Å². The molecule has 0 bridgehead atoms. The van der Waals surface area contributed by atoms with Crippen LogP contribution in [0.4, 0.5) is 0 Å². The molecule has 0 rings (SSSR count). The average molecular weight is 201 g/mol. The Kier molecular flexibility index (Phi) is 311. The molecule has 11 heavy (non-hydrogen) atoms. The Balaban J connectivity index is -0.0000000150. The van der Waals surface area contributed by atoms with Crippen molar-refractivity contribution in [1.29, 1.82) is 0 Å². The van der Waals surface area contributed by atoms with Gasteiger partial charge in [0.1, 0.15) is 0 Å². The van der Waals surface area contributed by atoms with Crippen LogP contribution < -0.4 is 34.2 Å². The van der Waals surface area contributed by atoms with E-state index < -0.39 is 19.4 Å². The molecule has 61 valence electrons. The number of hydrogen-bond donors (Lipinski definition) is 0. The minimum absolute atomic E-state index is 0. The molecule has 0 heterocycles. The van der Waals surface area contributed by atoms with Crippen molar-refractivity contribution in [3.8, 4) is 0 Å². The summed E-state index contributed by atoms with van der Waals surface area (Å²) in [6.07, 6.45) is 0. The molecule has 0 aliphatic heterocycles. The van der Waals surface area contributed by atoms with Crippen molar-refractivity contribution in [3.63, 3.8) is 0 Å². The monoisotopic (exact) mass is 201 g/mol. The summed E-state index contributed by atoms with van der Waals surface area (Å²) >= 11 is 0. The summed E-state index contributed by atoms with van der Waals surface area (Å²) in [6.45, 7) is -1.50. The predicted molar refractivity (Wildman–Crippen MR) is 18.2 cm³/mol. The molecule has 1 radical (unpaired) electrons. The second kappa shape index (κ2) is 109. The SMILES string of the molecule is O=C[O-].O=C[O-].O=C[O-].[Co+2].[Li+]. The Morgan fingerprint density at radius 2 is 0.727 bits per heavy atom. The van der Waals surface area contributed by atoms with Crippen LogP contribution in [0, 0.1) is 0 Å². The third-order valence-electron chi connectivity index (χ3n) is 0. The van der Waals surface area contributed by atoms with E-state index in [-0.39, 0.29) is 35.6 Å². The van der Waals surface area contributed by atoms with Crippen molar-refractivity contribution >= 4 is 19.4 Å². The maximum absolute atomic E-state index is 8.25. The molecule has 0 fully saturated rings. The van der Waals surface area contributed by atoms with E-state index in [0.29, 0.717) is 0 Å². The minimum atomic E-state index is -0.500. The topological polar surface area (TPSA) is 120 Å². The smallest absolute Gasteiger partial charge is 0.554 e. The molecule has 6 nitrogen and oxygen atoms in total. The molecule has 0 saturated carbocycles. The maximum Gasteiger partial charge on any atom is 2.00 e. The Labute approximate surface area is 85.0 Å². The van der Waals surface area contributed by atoms with E-state index in [4.69, 9.17) is 29.7 Å². The van der Waals surface area contributed by atoms with Gasteiger partial charge in [-0.15, -0.1) is 0 Å². The molecule has 0 aromatic carbocycles. The molecule has 0 spiro atoms. The third-order valence-corrected chi connectivity index (χ3v) is 0. The first-order valence-electron chi connectivity index (χ1n) is 1.41. The standard InChI is InChI=1S/3CH2O2.Co.Li/c3*2-1-3;;/h3*1H,(H,2,3);;/q;;;+2;+1/p-3. The van der Waals surface area contributed by atoms with Gasteiger partial charge < -0.3 is 29.7 Å². The third kappa shape index (κ3) is 2270. The summed E-state index contributed by atoms with van der Waals surface area (Å²) in [5, 5.41) is 24.8. The molecule has 8 heteroatoms. The van der Waals surface area contributed by atoms with Crippen LogP contribution in [0.3, 0.4) is 0 Å². The van der Waals surface area contributed by atoms with Crippen molar-refractivity contribution in [2.45, 2.75) is 0 Å². The van der Waals surface area contributed by atoms with Gasteiger partial charge in [-0.25, -0.2) is 0 Å². The molecule has 0 aromatic heterocycles. The molecule has 0 aliphatic carbocycles. The molecule has 0 saturated heterocycles. The van der Waals surface area contributed by atoms with Gasteiger partial charge in [0.05, 0.1) is 0 Å². The number of hydrogen-bond acceptors (Lipinski definition) is 6. The van der Waals surface area contributed by atoms with Gasteiger partial charge >= 0.3 is 35.6 Å². The first-order chi connectivity index (χ1) is 4.24. The van der Waals surface area contributed by atoms with Crippen molar-refractivity contribution in [2.24, 2.45) is 0 Å². The van der Waals surface area contributed by atoms with Crippen LogP contribution in [0.5, 0.6) is 0 Å². The van der Waals surface area contributed by atoms with Crippen LogP contribution in [-0.4, -0.2) is 19.4 Å². The first kappa shape index (κ1) is 31.3. The largest absolute Gasteiger partial charge is 2.00 e. The maximum atomic E-state index is 8.25. The van der Waals surface area contributed by atoms with Crippen LogP contribution in [0.15, 0.2) is 0 Å². The zero-order chi connectivity index (χ0) is 8.12. The second-order valence-electron chi connectivity index (χ2n) is 0.289. The van der Waals surface area contributed by atoms with Gasteiger partial charge in [0.2, 0.25) is 0 Å². The summed E-state index contributed by atoms with van der Waals surface area (Å²) in [4.78, 5) is 24.8. The normalized spacial score (nSPS) is 3.27. The number of rotatable bonds is 0. The van der Waals surface area contributed by atoms with Crippen LogP contribution in [0.25, 0.3) is 0 Å². The van der Waals surface area contributed by atoms with Crippen LogP contribution in [0.2, 0.25) is 0 Å². The summed E-state index contributed by atoms with van der Waals surface area (Å²) in [7, 11) is 0. The van der Waals surface area contributed by atoms with Gasteiger partial charge in [-0.1, -0.05) is 0 Å². The van der Waals surface area contributed by atoms with Gasteiger partial charge in [0, 0.05) is 19.4 Å². The van der Waals surface area contributed by atoms with Crippen molar-refractivity contribution in [1.82, 2.24) is 0 Å². The summed E-state index contributed by atoms with van der Waals surface area (Å²) in [6, 6.07) is 0. The molecule has 0 unspecified atom stereocenters. The van der Waals surface area contributed by atoms with Crippen molar-refractivity contribution < 1.29 is 65.3 Å².